The monoisotopic (exact) mass is 791 g/mol. The van der Waals surface area contributed by atoms with E-state index in [-0.39, 0.29) is 5.41 Å². The Labute approximate surface area is 364 Å². The third kappa shape index (κ3) is 6.33. The standard InChI is InChI=1S/C61H45N/c1-61(2)56-34-20-33-51(60(56)52-36-35-46(39-57(52)61)42-21-8-3-9-22-42)55-40-53(44-25-12-5-13-26-44)54(45-27-14-6-15-28-45)41-59(55)62(47-29-16-7-17-30-47)58-38-37-48(43-23-10-4-11-24-43)49-31-18-19-32-50(49)58/h3-41H,1-2H3. The van der Waals surface area contributed by atoms with Crippen molar-refractivity contribution in [1.82, 2.24) is 0 Å². The van der Waals surface area contributed by atoms with Crippen molar-refractivity contribution in [2.45, 2.75) is 19.3 Å². The summed E-state index contributed by atoms with van der Waals surface area (Å²) in [6, 6.07) is 86.8. The molecule has 1 aliphatic rings. The van der Waals surface area contributed by atoms with E-state index in [4.69, 9.17) is 0 Å². The van der Waals surface area contributed by atoms with E-state index in [0.717, 1.165) is 17.1 Å². The molecule has 0 amide bonds. The largest absolute Gasteiger partial charge is 0.309 e. The smallest absolute Gasteiger partial charge is 0.0547 e. The minimum absolute atomic E-state index is 0.208. The van der Waals surface area contributed by atoms with Crippen LogP contribution in [0.3, 0.4) is 0 Å². The second-order valence-electron chi connectivity index (χ2n) is 16.8. The summed E-state index contributed by atoms with van der Waals surface area (Å²) in [5.41, 5.74) is 20.5. The first kappa shape index (κ1) is 37.3. The van der Waals surface area contributed by atoms with E-state index in [1.165, 1.54) is 88.7 Å². The highest BCUT2D eigenvalue weighted by atomic mass is 15.1. The summed E-state index contributed by atoms with van der Waals surface area (Å²) >= 11 is 0. The fourth-order valence-corrected chi connectivity index (χ4v) is 9.86. The molecule has 1 aliphatic carbocycles. The average molecular weight is 792 g/mol. The summed E-state index contributed by atoms with van der Waals surface area (Å²) in [5, 5.41) is 2.41. The number of benzene rings is 10. The summed E-state index contributed by atoms with van der Waals surface area (Å²) in [6.07, 6.45) is 0. The molecule has 0 fully saturated rings. The van der Waals surface area contributed by atoms with E-state index in [9.17, 15) is 0 Å². The van der Waals surface area contributed by atoms with Crippen LogP contribution in [-0.4, -0.2) is 0 Å². The highest BCUT2D eigenvalue weighted by molar-refractivity contribution is 6.09. The quantitative estimate of drug-likeness (QED) is 0.148. The van der Waals surface area contributed by atoms with Crippen molar-refractivity contribution >= 4 is 27.8 Å². The topological polar surface area (TPSA) is 3.24 Å². The van der Waals surface area contributed by atoms with Crippen molar-refractivity contribution in [2.24, 2.45) is 0 Å². The molecule has 0 bridgehead atoms. The van der Waals surface area contributed by atoms with Crippen molar-refractivity contribution in [1.29, 1.82) is 0 Å². The van der Waals surface area contributed by atoms with Crippen molar-refractivity contribution in [2.75, 3.05) is 4.90 Å². The molecule has 0 unspecified atom stereocenters. The van der Waals surface area contributed by atoms with Crippen molar-refractivity contribution < 1.29 is 0 Å². The minimum atomic E-state index is -0.208. The Hall–Kier alpha value is -7.74. The van der Waals surface area contributed by atoms with Crippen molar-refractivity contribution in [3.63, 3.8) is 0 Å². The molecule has 294 valence electrons. The summed E-state index contributed by atoms with van der Waals surface area (Å²) in [4.78, 5) is 2.51. The summed E-state index contributed by atoms with van der Waals surface area (Å²) in [7, 11) is 0. The predicted molar refractivity (Wildman–Crippen MR) is 263 cm³/mol. The molecule has 0 N–H and O–H groups in total. The van der Waals surface area contributed by atoms with Crippen LogP contribution in [0.2, 0.25) is 0 Å². The van der Waals surface area contributed by atoms with Crippen molar-refractivity contribution in [3.05, 3.63) is 248 Å². The van der Waals surface area contributed by atoms with Crippen LogP contribution in [0.4, 0.5) is 17.1 Å². The lowest BCUT2D eigenvalue weighted by atomic mass is 9.81. The van der Waals surface area contributed by atoms with Gasteiger partial charge >= 0.3 is 0 Å². The molecule has 0 aliphatic heterocycles. The molecule has 1 heteroatoms. The van der Waals surface area contributed by atoms with E-state index in [1.54, 1.807) is 0 Å². The van der Waals surface area contributed by atoms with Gasteiger partial charge in [-0.15, -0.1) is 0 Å². The van der Waals surface area contributed by atoms with Gasteiger partial charge in [-0.1, -0.05) is 214 Å². The van der Waals surface area contributed by atoms with Gasteiger partial charge in [0.05, 0.1) is 11.4 Å². The molecule has 1 nitrogen and oxygen atoms in total. The molecule has 0 saturated carbocycles. The minimum Gasteiger partial charge on any atom is -0.309 e. The molecule has 0 atom stereocenters. The number of nitrogens with zero attached hydrogens (tertiary/aromatic N) is 1. The highest BCUT2D eigenvalue weighted by Gasteiger charge is 2.38. The zero-order valence-corrected chi connectivity index (χ0v) is 35.0. The molecule has 11 rings (SSSR count). The zero-order valence-electron chi connectivity index (χ0n) is 35.0. The Morgan fingerprint density at radius 1 is 0.290 bits per heavy atom. The first-order valence-electron chi connectivity index (χ1n) is 21.6. The van der Waals surface area contributed by atoms with Crippen LogP contribution < -0.4 is 4.90 Å². The lowest BCUT2D eigenvalue weighted by Gasteiger charge is -2.31. The summed E-state index contributed by atoms with van der Waals surface area (Å²) < 4.78 is 0. The average Bonchev–Trinajstić information content (AvgIpc) is 3.58. The van der Waals surface area contributed by atoms with Crippen LogP contribution in [0.25, 0.3) is 77.5 Å². The van der Waals surface area contributed by atoms with Crippen LogP contribution in [0, 0.1) is 0 Å². The van der Waals surface area contributed by atoms with Gasteiger partial charge in [0.2, 0.25) is 0 Å². The molecule has 0 spiro atoms. The van der Waals surface area contributed by atoms with Crippen LogP contribution >= 0.6 is 0 Å². The van der Waals surface area contributed by atoms with E-state index in [2.05, 4.69) is 255 Å². The molecule has 0 saturated heterocycles. The maximum Gasteiger partial charge on any atom is 0.0547 e. The lowest BCUT2D eigenvalue weighted by molar-refractivity contribution is 0.660. The summed E-state index contributed by atoms with van der Waals surface area (Å²) in [5.74, 6) is 0. The first-order chi connectivity index (χ1) is 30.5. The second kappa shape index (κ2) is 15.4. The van der Waals surface area contributed by atoms with Gasteiger partial charge in [-0.25, -0.2) is 0 Å². The normalized spacial score (nSPS) is 12.5. The fraction of sp³-hybridized carbons (Fsp3) is 0.0492. The molecule has 10 aromatic rings. The third-order valence-electron chi connectivity index (χ3n) is 12.9. The highest BCUT2D eigenvalue weighted by Crippen LogP contribution is 2.56. The second-order valence-corrected chi connectivity index (χ2v) is 16.8. The fourth-order valence-electron chi connectivity index (χ4n) is 9.86. The number of fused-ring (bicyclic) bond motifs is 4. The van der Waals surface area contributed by atoms with Gasteiger partial charge in [-0.3, -0.25) is 0 Å². The maximum atomic E-state index is 2.51. The lowest BCUT2D eigenvalue weighted by Crippen LogP contribution is -2.15. The van der Waals surface area contributed by atoms with E-state index >= 15 is 0 Å². The molecule has 0 aromatic heterocycles. The van der Waals surface area contributed by atoms with E-state index in [0.29, 0.717) is 0 Å². The number of hydrogen-bond donors (Lipinski definition) is 0. The number of hydrogen-bond acceptors (Lipinski definition) is 1. The van der Waals surface area contributed by atoms with E-state index in [1.807, 2.05) is 0 Å². The molecule has 62 heavy (non-hydrogen) atoms. The van der Waals surface area contributed by atoms with Gasteiger partial charge in [-0.05, 0) is 114 Å². The number of anilines is 3. The third-order valence-corrected chi connectivity index (χ3v) is 12.9. The van der Waals surface area contributed by atoms with E-state index < -0.39 is 0 Å². The maximum absolute atomic E-state index is 2.51. The first-order valence-corrected chi connectivity index (χ1v) is 21.6. The Balaban J connectivity index is 1.24. The molecular weight excluding hydrogens is 747 g/mol. The Kier molecular flexibility index (Phi) is 9.24. The zero-order chi connectivity index (χ0) is 41.6. The van der Waals surface area contributed by atoms with Crippen LogP contribution in [0.5, 0.6) is 0 Å². The van der Waals surface area contributed by atoms with Gasteiger partial charge in [0.1, 0.15) is 0 Å². The molecule has 0 heterocycles. The number of para-hydroxylation sites is 1. The van der Waals surface area contributed by atoms with Crippen LogP contribution in [-0.2, 0) is 5.41 Å². The van der Waals surface area contributed by atoms with Gasteiger partial charge in [-0.2, -0.15) is 0 Å². The Bertz CT molecular complexity index is 3220. The Morgan fingerprint density at radius 2 is 0.806 bits per heavy atom. The van der Waals surface area contributed by atoms with Crippen molar-refractivity contribution in [3.8, 4) is 66.8 Å². The molecular formula is C61H45N. The van der Waals surface area contributed by atoms with Gasteiger partial charge in [0, 0.05) is 22.1 Å². The number of rotatable bonds is 8. The van der Waals surface area contributed by atoms with Gasteiger partial charge in [0.25, 0.3) is 0 Å². The Morgan fingerprint density at radius 3 is 1.44 bits per heavy atom. The van der Waals surface area contributed by atoms with Crippen LogP contribution in [0.1, 0.15) is 25.0 Å². The molecule has 10 aromatic carbocycles. The van der Waals surface area contributed by atoms with Crippen LogP contribution in [0.15, 0.2) is 237 Å². The van der Waals surface area contributed by atoms with Gasteiger partial charge < -0.3 is 4.90 Å². The summed E-state index contributed by atoms with van der Waals surface area (Å²) in [6.45, 7) is 4.78. The SMILES string of the molecule is CC1(C)c2cc(-c3ccccc3)ccc2-c2c(-c3cc(-c4ccccc4)c(-c4ccccc4)cc3N(c3ccccc3)c3ccc(-c4ccccc4)c4ccccc34)cccc21. The predicted octanol–water partition coefficient (Wildman–Crippen LogP) is 17.0. The van der Waals surface area contributed by atoms with Gasteiger partial charge in [0.15, 0.2) is 0 Å². The molecule has 0 radical (unpaired) electrons.